The predicted octanol–water partition coefficient (Wildman–Crippen LogP) is 3.94. The lowest BCUT2D eigenvalue weighted by Gasteiger charge is -2.41. The molecule has 0 amide bonds. The quantitative estimate of drug-likeness (QED) is 0.508. The summed E-state index contributed by atoms with van der Waals surface area (Å²) in [5.41, 5.74) is 0.130. The first-order chi connectivity index (χ1) is 16.0. The third-order valence-corrected chi connectivity index (χ3v) is 6.92. The summed E-state index contributed by atoms with van der Waals surface area (Å²) in [5, 5.41) is 4.51. The average molecular weight is 497 g/mol. The fourth-order valence-electron chi connectivity index (χ4n) is 3.48. The largest absolute Gasteiger partial charge is 0.439 e. The SMILES string of the molecule is CCn1nc(-c2cncc(C3(NS(=O)(=O)CC)COC3)c2)cc1Oc1ccc(C(F)(F)F)cc1. The van der Waals surface area contributed by atoms with Crippen molar-refractivity contribution in [3.63, 3.8) is 0 Å². The van der Waals surface area contributed by atoms with Gasteiger partial charge in [0.1, 0.15) is 11.3 Å². The van der Waals surface area contributed by atoms with E-state index in [-0.39, 0.29) is 24.7 Å². The normalized spacial score (nSPS) is 15.7. The summed E-state index contributed by atoms with van der Waals surface area (Å²) in [6.07, 6.45) is -1.25. The molecule has 8 nitrogen and oxygen atoms in total. The van der Waals surface area contributed by atoms with Crippen molar-refractivity contribution < 1.29 is 31.1 Å². The van der Waals surface area contributed by atoms with Crippen molar-refractivity contribution in [3.8, 4) is 22.9 Å². The smallest absolute Gasteiger partial charge is 0.416 e. The Kier molecular flexibility index (Phi) is 6.40. The van der Waals surface area contributed by atoms with Crippen LogP contribution in [0.5, 0.6) is 11.6 Å². The van der Waals surface area contributed by atoms with Crippen LogP contribution in [0.25, 0.3) is 11.3 Å². The van der Waals surface area contributed by atoms with Crippen LogP contribution in [0.3, 0.4) is 0 Å². The van der Waals surface area contributed by atoms with Gasteiger partial charge >= 0.3 is 6.18 Å². The molecule has 0 unspecified atom stereocenters. The monoisotopic (exact) mass is 496 g/mol. The first-order valence-corrected chi connectivity index (χ1v) is 12.2. The summed E-state index contributed by atoms with van der Waals surface area (Å²) in [6, 6.07) is 7.84. The number of nitrogens with zero attached hydrogens (tertiary/aromatic N) is 3. The number of ether oxygens (including phenoxy) is 2. The van der Waals surface area contributed by atoms with Gasteiger partial charge in [-0.25, -0.2) is 13.1 Å². The zero-order valence-electron chi connectivity index (χ0n) is 18.5. The van der Waals surface area contributed by atoms with Gasteiger partial charge in [-0.2, -0.15) is 23.0 Å². The van der Waals surface area contributed by atoms with Crippen LogP contribution in [-0.4, -0.2) is 42.1 Å². The van der Waals surface area contributed by atoms with E-state index in [2.05, 4.69) is 14.8 Å². The van der Waals surface area contributed by atoms with Crippen LogP contribution in [0.4, 0.5) is 13.2 Å². The number of rotatable bonds is 8. The maximum Gasteiger partial charge on any atom is 0.416 e. The number of benzene rings is 1. The molecule has 1 aliphatic heterocycles. The third kappa shape index (κ3) is 4.93. The minimum absolute atomic E-state index is 0.0621. The highest BCUT2D eigenvalue weighted by Gasteiger charge is 2.43. The number of aryl methyl sites for hydroxylation is 1. The molecule has 0 atom stereocenters. The second kappa shape index (κ2) is 9.01. The van der Waals surface area contributed by atoms with Gasteiger partial charge in [0.05, 0.1) is 30.2 Å². The minimum Gasteiger partial charge on any atom is -0.439 e. The van der Waals surface area contributed by atoms with Crippen molar-refractivity contribution >= 4 is 10.0 Å². The average Bonchev–Trinajstić information content (AvgIpc) is 3.19. The summed E-state index contributed by atoms with van der Waals surface area (Å²) in [7, 11) is -3.49. The first-order valence-electron chi connectivity index (χ1n) is 10.5. The lowest BCUT2D eigenvalue weighted by molar-refractivity contribution is -0.137. The Balaban J connectivity index is 1.61. The maximum atomic E-state index is 12.8. The van der Waals surface area contributed by atoms with Crippen LogP contribution in [0, 0.1) is 0 Å². The molecule has 4 rings (SSSR count). The fourth-order valence-corrected chi connectivity index (χ4v) is 4.46. The molecule has 1 N–H and O–H groups in total. The van der Waals surface area contributed by atoms with E-state index in [4.69, 9.17) is 9.47 Å². The molecule has 12 heteroatoms. The van der Waals surface area contributed by atoms with Crippen LogP contribution in [0.15, 0.2) is 48.8 Å². The zero-order valence-corrected chi connectivity index (χ0v) is 19.3. The van der Waals surface area contributed by atoms with E-state index in [0.717, 1.165) is 12.1 Å². The van der Waals surface area contributed by atoms with Crippen molar-refractivity contribution in [1.82, 2.24) is 19.5 Å². The molecule has 3 aromatic rings. The minimum atomic E-state index is -4.43. The van der Waals surface area contributed by atoms with Crippen molar-refractivity contribution in [3.05, 3.63) is 59.9 Å². The highest BCUT2D eigenvalue weighted by molar-refractivity contribution is 7.89. The predicted molar refractivity (Wildman–Crippen MR) is 118 cm³/mol. The summed E-state index contributed by atoms with van der Waals surface area (Å²) in [5.74, 6) is 0.518. The van der Waals surface area contributed by atoms with Crippen LogP contribution in [0.1, 0.15) is 25.0 Å². The highest BCUT2D eigenvalue weighted by Crippen LogP contribution is 2.35. The molecule has 0 spiro atoms. The van der Waals surface area contributed by atoms with Crippen LogP contribution in [-0.2, 0) is 33.0 Å². The summed E-state index contributed by atoms with van der Waals surface area (Å²) >= 11 is 0. The first kappa shape index (κ1) is 24.2. The van der Waals surface area contributed by atoms with Crippen LogP contribution in [0.2, 0.25) is 0 Å². The van der Waals surface area contributed by atoms with E-state index in [1.165, 1.54) is 12.1 Å². The molecule has 182 valence electrons. The second-order valence-electron chi connectivity index (χ2n) is 7.85. The number of nitrogens with one attached hydrogen (secondary N) is 1. The van der Waals surface area contributed by atoms with Gasteiger partial charge in [-0.1, -0.05) is 0 Å². The van der Waals surface area contributed by atoms with E-state index in [0.29, 0.717) is 29.2 Å². The zero-order chi connectivity index (χ0) is 24.6. The lowest BCUT2D eigenvalue weighted by atomic mass is 9.89. The molecule has 1 saturated heterocycles. The lowest BCUT2D eigenvalue weighted by Crippen LogP contribution is -2.59. The topological polar surface area (TPSA) is 95.3 Å². The Morgan fingerprint density at radius 3 is 2.41 bits per heavy atom. The van der Waals surface area contributed by atoms with Gasteiger partial charge in [-0.3, -0.25) is 4.98 Å². The molecule has 1 aliphatic rings. The number of pyridine rings is 1. The van der Waals surface area contributed by atoms with Gasteiger partial charge in [0, 0.05) is 30.6 Å². The molecule has 34 heavy (non-hydrogen) atoms. The van der Waals surface area contributed by atoms with Gasteiger partial charge in [0.15, 0.2) is 0 Å². The van der Waals surface area contributed by atoms with Gasteiger partial charge in [0.2, 0.25) is 15.9 Å². The van der Waals surface area contributed by atoms with E-state index >= 15 is 0 Å². The number of sulfonamides is 1. The molecule has 0 radical (unpaired) electrons. The molecule has 1 aromatic carbocycles. The molecule has 0 saturated carbocycles. The molecular weight excluding hydrogens is 473 g/mol. The van der Waals surface area contributed by atoms with Crippen molar-refractivity contribution in [2.24, 2.45) is 0 Å². The van der Waals surface area contributed by atoms with E-state index in [1.54, 1.807) is 36.1 Å². The Hall–Kier alpha value is -2.96. The van der Waals surface area contributed by atoms with Gasteiger partial charge in [-0.15, -0.1) is 0 Å². The summed E-state index contributed by atoms with van der Waals surface area (Å²) in [4.78, 5) is 4.26. The van der Waals surface area contributed by atoms with E-state index < -0.39 is 27.3 Å². The van der Waals surface area contributed by atoms with Gasteiger partial charge in [-0.05, 0) is 49.7 Å². The molecular formula is C22H23F3N4O4S. The molecule has 0 bridgehead atoms. The standard InChI is InChI=1S/C22H23F3N4O4S/c1-3-29-20(33-18-7-5-16(6-8-18)22(23,24)25)10-19(27-29)15-9-17(12-26-11-15)21(13-32-14-21)28-34(30,31)4-2/h5-12,28H,3-4,13-14H2,1-2H3. The fraction of sp³-hybridized carbons (Fsp3) is 0.364. The van der Waals surface area contributed by atoms with Gasteiger partial charge in [0.25, 0.3) is 0 Å². The summed E-state index contributed by atoms with van der Waals surface area (Å²) in [6.45, 7) is 4.23. The number of hydrogen-bond donors (Lipinski definition) is 1. The maximum absolute atomic E-state index is 12.8. The number of halogens is 3. The van der Waals surface area contributed by atoms with E-state index in [1.807, 2.05) is 6.92 Å². The van der Waals surface area contributed by atoms with E-state index in [9.17, 15) is 21.6 Å². The van der Waals surface area contributed by atoms with Crippen LogP contribution >= 0.6 is 0 Å². The highest BCUT2D eigenvalue weighted by atomic mass is 32.2. The number of aromatic nitrogens is 3. The Labute approximate surface area is 194 Å². The Bertz CT molecular complexity index is 1270. The Morgan fingerprint density at radius 1 is 1.15 bits per heavy atom. The second-order valence-corrected chi connectivity index (χ2v) is 9.86. The third-order valence-electron chi connectivity index (χ3n) is 5.46. The molecule has 0 aliphatic carbocycles. The molecule has 1 fully saturated rings. The summed E-state index contributed by atoms with van der Waals surface area (Å²) < 4.78 is 78.2. The van der Waals surface area contributed by atoms with Crippen molar-refractivity contribution in [2.75, 3.05) is 19.0 Å². The van der Waals surface area contributed by atoms with Gasteiger partial charge < -0.3 is 9.47 Å². The molecule has 2 aromatic heterocycles. The van der Waals surface area contributed by atoms with Crippen molar-refractivity contribution in [2.45, 2.75) is 32.1 Å². The van der Waals surface area contributed by atoms with Crippen LogP contribution < -0.4 is 9.46 Å². The number of hydrogen-bond acceptors (Lipinski definition) is 6. The molecule has 3 heterocycles. The van der Waals surface area contributed by atoms with Crippen molar-refractivity contribution in [1.29, 1.82) is 0 Å². The Morgan fingerprint density at radius 2 is 1.85 bits per heavy atom. The number of alkyl halides is 3.